The van der Waals surface area contributed by atoms with Crippen molar-refractivity contribution in [2.75, 3.05) is 17.4 Å². The van der Waals surface area contributed by atoms with Crippen LogP contribution >= 0.6 is 35.1 Å². The van der Waals surface area contributed by atoms with E-state index in [0.717, 1.165) is 75.7 Å². The summed E-state index contributed by atoms with van der Waals surface area (Å²) < 4.78 is 71.3. The van der Waals surface area contributed by atoms with E-state index in [1.807, 2.05) is 0 Å². The monoisotopic (exact) mass is 628 g/mol. The first-order chi connectivity index (χ1) is 18.7. The Balaban J connectivity index is 1.44. The highest BCUT2D eigenvalue weighted by molar-refractivity contribution is 8.21. The molecule has 9 heteroatoms. The lowest BCUT2D eigenvalue weighted by Crippen LogP contribution is -2.66. The molecule has 4 fully saturated rings. The van der Waals surface area contributed by atoms with Gasteiger partial charge in [-0.2, -0.15) is 22.0 Å². The third kappa shape index (κ3) is 5.01. The molecule has 230 valence electrons. The van der Waals surface area contributed by atoms with Crippen LogP contribution in [0, 0.1) is 34.5 Å². The van der Waals surface area contributed by atoms with E-state index in [-0.39, 0.29) is 46.0 Å². The number of halogens is 6. The molecule has 0 aromatic carbocycles. The molecule has 0 bridgehead atoms. The van der Waals surface area contributed by atoms with E-state index in [9.17, 15) is 18.3 Å². The lowest BCUT2D eigenvalue weighted by molar-refractivity contribution is -0.364. The van der Waals surface area contributed by atoms with Crippen LogP contribution in [0.3, 0.4) is 0 Å². The molecule has 40 heavy (non-hydrogen) atoms. The van der Waals surface area contributed by atoms with Crippen molar-refractivity contribution in [3.05, 3.63) is 11.6 Å². The van der Waals surface area contributed by atoms with E-state index in [1.165, 1.54) is 5.57 Å². The summed E-state index contributed by atoms with van der Waals surface area (Å²) in [5.41, 5.74) is -3.01. The second-order valence-electron chi connectivity index (χ2n) is 13.9. The summed E-state index contributed by atoms with van der Waals surface area (Å²) in [6, 6.07) is 0. The SMILES string of the molecule is C[C@]12CCC3(C=C1CC(CCCCCCCCCl)[C@@H]1[C@@H]2CC[C@@]2(C)[C@H]1CCC2(O)C(F)(F)C(F)(F)F)SCCS3. The lowest BCUT2D eigenvalue weighted by Gasteiger charge is -2.62. The number of rotatable bonds is 9. The third-order valence-electron chi connectivity index (χ3n) is 12.1. The van der Waals surface area contributed by atoms with Crippen LogP contribution in [0.15, 0.2) is 11.6 Å². The van der Waals surface area contributed by atoms with Crippen molar-refractivity contribution in [2.45, 2.75) is 126 Å². The molecule has 0 amide bonds. The van der Waals surface area contributed by atoms with Crippen molar-refractivity contribution in [3.8, 4) is 0 Å². The van der Waals surface area contributed by atoms with E-state index >= 15 is 8.78 Å². The van der Waals surface area contributed by atoms with Crippen molar-refractivity contribution >= 4 is 35.1 Å². The van der Waals surface area contributed by atoms with Gasteiger partial charge in [-0.05, 0) is 86.9 Å². The first kappa shape index (κ1) is 31.8. The van der Waals surface area contributed by atoms with Crippen molar-refractivity contribution < 1.29 is 27.1 Å². The zero-order valence-corrected chi connectivity index (χ0v) is 26.3. The minimum absolute atomic E-state index is 0.0354. The van der Waals surface area contributed by atoms with Crippen molar-refractivity contribution in [3.63, 3.8) is 0 Å². The van der Waals surface area contributed by atoms with Gasteiger partial charge in [0.15, 0.2) is 0 Å². The van der Waals surface area contributed by atoms with Gasteiger partial charge in [-0.25, -0.2) is 0 Å². The average Bonchev–Trinajstić information content (AvgIpc) is 3.46. The van der Waals surface area contributed by atoms with E-state index < -0.39 is 29.5 Å². The van der Waals surface area contributed by atoms with Crippen LogP contribution < -0.4 is 0 Å². The molecular formula is C31H46ClF5OS2. The Kier molecular flexibility index (Phi) is 9.02. The number of allylic oxidation sites excluding steroid dienone is 1. The summed E-state index contributed by atoms with van der Waals surface area (Å²) in [6.45, 7) is 3.92. The molecule has 5 aliphatic rings. The van der Waals surface area contributed by atoms with Gasteiger partial charge in [0.2, 0.25) is 0 Å². The summed E-state index contributed by atoms with van der Waals surface area (Å²) in [5, 5.41) is 11.3. The van der Waals surface area contributed by atoms with Crippen molar-refractivity contribution in [1.29, 1.82) is 0 Å². The van der Waals surface area contributed by atoms with Gasteiger partial charge in [0.1, 0.15) is 5.60 Å². The second-order valence-corrected chi connectivity index (χ2v) is 17.4. The molecule has 1 spiro atoms. The highest BCUT2D eigenvalue weighted by Gasteiger charge is 2.79. The molecule has 4 aliphatic carbocycles. The number of unbranched alkanes of at least 4 members (excludes halogenated alkanes) is 5. The van der Waals surface area contributed by atoms with Crippen LogP contribution in [0.25, 0.3) is 0 Å². The summed E-state index contributed by atoms with van der Waals surface area (Å²) in [5.74, 6) is -1.80. The normalized spacial score (nSPS) is 41.0. The molecule has 1 nitrogen and oxygen atoms in total. The summed E-state index contributed by atoms with van der Waals surface area (Å²) >= 11 is 9.92. The molecule has 0 aromatic heterocycles. The molecule has 1 heterocycles. The minimum atomic E-state index is -5.76. The highest BCUT2D eigenvalue weighted by Crippen LogP contribution is 2.73. The van der Waals surface area contributed by atoms with E-state index in [1.54, 1.807) is 6.92 Å². The Morgan fingerprint density at radius 1 is 0.875 bits per heavy atom. The fourth-order valence-electron chi connectivity index (χ4n) is 9.80. The molecule has 1 aliphatic heterocycles. The maximum atomic E-state index is 15.0. The number of hydrogen-bond acceptors (Lipinski definition) is 3. The Morgan fingerprint density at radius 3 is 2.15 bits per heavy atom. The molecule has 7 atom stereocenters. The van der Waals surface area contributed by atoms with Gasteiger partial charge in [-0.1, -0.05) is 57.6 Å². The smallest absolute Gasteiger partial charge is 0.383 e. The third-order valence-corrected chi connectivity index (χ3v) is 15.7. The lowest BCUT2D eigenvalue weighted by atomic mass is 9.43. The van der Waals surface area contributed by atoms with E-state index in [0.29, 0.717) is 12.3 Å². The Hall–Kier alpha value is 0.340. The quantitative estimate of drug-likeness (QED) is 0.119. The molecular weight excluding hydrogens is 583 g/mol. The number of thioether (sulfide) groups is 2. The Labute approximate surface area is 250 Å². The van der Waals surface area contributed by atoms with Crippen LogP contribution in [-0.4, -0.2) is 44.3 Å². The number of fused-ring (bicyclic) bond motifs is 5. The van der Waals surface area contributed by atoms with Crippen LogP contribution in [0.2, 0.25) is 0 Å². The molecule has 1 N–H and O–H groups in total. The van der Waals surface area contributed by atoms with Gasteiger partial charge in [0.05, 0.1) is 4.08 Å². The van der Waals surface area contributed by atoms with Crippen LogP contribution in [-0.2, 0) is 0 Å². The standard InChI is InChI=1S/C31H46ClF5OS2/c1-26-14-15-28(39-17-18-40-28)20-22(26)19-21(9-7-5-3-4-6-8-16-32)25-23(26)10-12-27(2)24(25)11-13-29(27,38)30(33,34)31(35,36)37/h20-21,23-25,38H,3-19H2,1-2H3/t21?,23-,24-,25+,26-,27-,29?/m0/s1. The molecule has 0 aromatic rings. The largest absolute Gasteiger partial charge is 0.456 e. The molecule has 0 radical (unpaired) electrons. The van der Waals surface area contributed by atoms with Gasteiger partial charge in [0.25, 0.3) is 0 Å². The Morgan fingerprint density at radius 2 is 1.50 bits per heavy atom. The van der Waals surface area contributed by atoms with E-state index in [2.05, 4.69) is 36.5 Å². The zero-order valence-electron chi connectivity index (χ0n) is 23.9. The van der Waals surface area contributed by atoms with Gasteiger partial charge >= 0.3 is 12.1 Å². The zero-order chi connectivity index (χ0) is 29.0. The first-order valence-corrected chi connectivity index (χ1v) is 18.0. The molecule has 1 saturated heterocycles. The predicted molar refractivity (Wildman–Crippen MR) is 157 cm³/mol. The summed E-state index contributed by atoms with van der Waals surface area (Å²) in [4.78, 5) is 0. The van der Waals surface area contributed by atoms with E-state index in [4.69, 9.17) is 11.6 Å². The number of alkyl halides is 6. The topological polar surface area (TPSA) is 20.2 Å². The van der Waals surface area contributed by atoms with Crippen LogP contribution in [0.1, 0.15) is 104 Å². The fourth-order valence-corrected chi connectivity index (χ4v) is 13.1. The Bertz CT molecular complexity index is 953. The highest BCUT2D eigenvalue weighted by atomic mass is 35.5. The second kappa shape index (κ2) is 11.4. The van der Waals surface area contributed by atoms with Gasteiger partial charge in [-0.3, -0.25) is 0 Å². The van der Waals surface area contributed by atoms with Crippen molar-refractivity contribution in [1.82, 2.24) is 0 Å². The van der Waals surface area contributed by atoms with Crippen LogP contribution in [0.4, 0.5) is 22.0 Å². The fraction of sp³-hybridized carbons (Fsp3) is 0.935. The maximum absolute atomic E-state index is 15.0. The molecule has 2 unspecified atom stereocenters. The predicted octanol–water partition coefficient (Wildman–Crippen LogP) is 10.2. The summed E-state index contributed by atoms with van der Waals surface area (Å²) in [7, 11) is 0. The minimum Gasteiger partial charge on any atom is -0.383 e. The van der Waals surface area contributed by atoms with Gasteiger partial charge in [-0.15, -0.1) is 35.1 Å². The van der Waals surface area contributed by atoms with Crippen LogP contribution in [0.5, 0.6) is 0 Å². The average molecular weight is 629 g/mol. The molecule has 5 rings (SSSR count). The number of hydrogen-bond donors (Lipinski definition) is 1. The van der Waals surface area contributed by atoms with Gasteiger partial charge < -0.3 is 5.11 Å². The molecule has 3 saturated carbocycles. The number of aliphatic hydroxyl groups is 1. The van der Waals surface area contributed by atoms with Crippen molar-refractivity contribution in [2.24, 2.45) is 34.5 Å². The van der Waals surface area contributed by atoms with Gasteiger partial charge in [0, 0.05) is 22.8 Å². The summed E-state index contributed by atoms with van der Waals surface area (Å²) in [6.07, 6.45) is 8.10. The first-order valence-electron chi connectivity index (χ1n) is 15.5. The maximum Gasteiger partial charge on any atom is 0.456 e.